The highest BCUT2D eigenvalue weighted by Crippen LogP contribution is 2.38. The maximum Gasteiger partial charge on any atom is 0.270 e. The number of hydrogen-bond donors (Lipinski definition) is 0. The van der Waals surface area contributed by atoms with E-state index in [2.05, 4.69) is 0 Å². The number of carbonyl (C=O) groups is 2. The zero-order valence-corrected chi connectivity index (χ0v) is 13.6. The summed E-state index contributed by atoms with van der Waals surface area (Å²) in [5.41, 5.74) is -1.66. The molecule has 0 saturated heterocycles. The molecule has 0 bridgehead atoms. The monoisotopic (exact) mass is 343 g/mol. The number of nitro groups is 2. The van der Waals surface area contributed by atoms with E-state index in [0.717, 1.165) is 29.2 Å². The summed E-state index contributed by atoms with van der Waals surface area (Å²) in [6, 6.07) is 4.46. The van der Waals surface area contributed by atoms with Crippen molar-refractivity contribution in [2.75, 3.05) is 0 Å². The van der Waals surface area contributed by atoms with E-state index in [4.69, 9.17) is 0 Å². The Balaban J connectivity index is 2.46. The zero-order chi connectivity index (χ0) is 18.7. The number of hydrogen-bond acceptors (Lipinski definition) is 6. The largest absolute Gasteiger partial charge is 0.270 e. The molecule has 2 aromatic carbocycles. The molecule has 2 amide bonds. The van der Waals surface area contributed by atoms with E-state index < -0.39 is 27.2 Å². The SMILES string of the molecule is CC(C)(C)N1C(=O)c2cc([N+](=O)[O-])cc3cc([N+](=O)[O-])cc(c23)C1=O. The molecule has 2 aromatic rings. The fourth-order valence-corrected chi connectivity index (χ4v) is 2.97. The first kappa shape index (κ1) is 16.5. The van der Waals surface area contributed by atoms with Crippen LogP contribution in [0.5, 0.6) is 0 Å². The van der Waals surface area contributed by atoms with Crippen LogP contribution in [0.25, 0.3) is 10.8 Å². The van der Waals surface area contributed by atoms with Crippen molar-refractivity contribution >= 4 is 34.0 Å². The summed E-state index contributed by atoms with van der Waals surface area (Å²) >= 11 is 0. The summed E-state index contributed by atoms with van der Waals surface area (Å²) in [5, 5.41) is 22.6. The van der Waals surface area contributed by atoms with Gasteiger partial charge in [0, 0.05) is 35.2 Å². The lowest BCUT2D eigenvalue weighted by Crippen LogP contribution is -2.51. The lowest BCUT2D eigenvalue weighted by molar-refractivity contribution is -0.385. The summed E-state index contributed by atoms with van der Waals surface area (Å²) in [6.45, 7) is 4.92. The molecule has 0 fully saturated rings. The van der Waals surface area contributed by atoms with Crippen molar-refractivity contribution in [3.8, 4) is 0 Å². The standard InChI is InChI=1S/C16H13N3O6/c1-16(2,3)17-14(20)11-6-9(18(22)23)4-8-5-10(19(24)25)7-12(13(8)11)15(17)21/h4-7H,1-3H3. The minimum absolute atomic E-state index is 0.0105. The van der Waals surface area contributed by atoms with Gasteiger partial charge in [-0.25, -0.2) is 0 Å². The minimum atomic E-state index is -0.895. The molecule has 0 aromatic heterocycles. The number of nitro benzene ring substituents is 2. The Morgan fingerprint density at radius 1 is 0.840 bits per heavy atom. The van der Waals surface area contributed by atoms with E-state index in [1.807, 2.05) is 0 Å². The van der Waals surface area contributed by atoms with Crippen LogP contribution in [0.2, 0.25) is 0 Å². The average Bonchev–Trinajstić information content (AvgIpc) is 2.49. The fraction of sp³-hybridized carbons (Fsp3) is 0.250. The molecule has 0 saturated carbocycles. The van der Waals surface area contributed by atoms with Crippen molar-refractivity contribution in [2.45, 2.75) is 26.3 Å². The molecule has 0 atom stereocenters. The van der Waals surface area contributed by atoms with Crippen LogP contribution >= 0.6 is 0 Å². The van der Waals surface area contributed by atoms with Gasteiger partial charge >= 0.3 is 0 Å². The topological polar surface area (TPSA) is 124 Å². The number of imide groups is 1. The molecule has 1 aliphatic rings. The fourth-order valence-electron chi connectivity index (χ4n) is 2.97. The zero-order valence-electron chi connectivity index (χ0n) is 13.6. The van der Waals surface area contributed by atoms with Crippen molar-refractivity contribution < 1.29 is 19.4 Å². The summed E-state index contributed by atoms with van der Waals surface area (Å²) in [7, 11) is 0. The smallest absolute Gasteiger partial charge is 0.269 e. The molecule has 0 N–H and O–H groups in total. The lowest BCUT2D eigenvalue weighted by atomic mass is 9.90. The molecule has 1 heterocycles. The molecule has 3 rings (SSSR count). The van der Waals surface area contributed by atoms with Crippen LogP contribution in [0, 0.1) is 20.2 Å². The molecule has 9 nitrogen and oxygen atoms in total. The van der Waals surface area contributed by atoms with Crippen molar-refractivity contribution in [1.29, 1.82) is 0 Å². The number of rotatable bonds is 2. The first-order chi connectivity index (χ1) is 11.5. The summed E-state index contributed by atoms with van der Waals surface area (Å²) in [6.07, 6.45) is 0. The van der Waals surface area contributed by atoms with Crippen molar-refractivity contribution in [2.24, 2.45) is 0 Å². The predicted molar refractivity (Wildman–Crippen MR) is 87.5 cm³/mol. The van der Waals surface area contributed by atoms with E-state index in [1.165, 1.54) is 0 Å². The van der Waals surface area contributed by atoms with Crippen LogP contribution in [-0.4, -0.2) is 32.1 Å². The highest BCUT2D eigenvalue weighted by molar-refractivity contribution is 6.26. The quantitative estimate of drug-likeness (QED) is 0.469. The van der Waals surface area contributed by atoms with Gasteiger partial charge in [-0.05, 0) is 26.2 Å². The van der Waals surface area contributed by atoms with Crippen LogP contribution in [-0.2, 0) is 0 Å². The number of non-ortho nitro benzene ring substituents is 2. The molecule has 0 unspecified atom stereocenters. The molecular formula is C16H13N3O6. The van der Waals surface area contributed by atoms with Gasteiger partial charge in [0.2, 0.25) is 0 Å². The van der Waals surface area contributed by atoms with E-state index in [1.54, 1.807) is 20.8 Å². The minimum Gasteiger partial charge on any atom is -0.269 e. The van der Waals surface area contributed by atoms with Gasteiger partial charge in [-0.1, -0.05) is 0 Å². The van der Waals surface area contributed by atoms with Crippen molar-refractivity contribution in [1.82, 2.24) is 4.90 Å². The Morgan fingerprint density at radius 2 is 1.24 bits per heavy atom. The normalized spacial score (nSPS) is 14.1. The summed E-state index contributed by atoms with van der Waals surface area (Å²) in [4.78, 5) is 47.5. The van der Waals surface area contributed by atoms with Crippen LogP contribution in [0.4, 0.5) is 11.4 Å². The molecule has 0 spiro atoms. The van der Waals surface area contributed by atoms with Gasteiger partial charge in [0.25, 0.3) is 23.2 Å². The molecule has 0 aliphatic carbocycles. The van der Waals surface area contributed by atoms with Crippen LogP contribution < -0.4 is 0 Å². The second-order valence-electron chi connectivity index (χ2n) is 6.72. The third-order valence-corrected chi connectivity index (χ3v) is 3.98. The van der Waals surface area contributed by atoms with E-state index in [9.17, 15) is 29.8 Å². The molecule has 9 heteroatoms. The van der Waals surface area contributed by atoms with Gasteiger partial charge in [0.1, 0.15) is 0 Å². The van der Waals surface area contributed by atoms with Crippen LogP contribution in [0.3, 0.4) is 0 Å². The first-order valence-electron chi connectivity index (χ1n) is 7.32. The van der Waals surface area contributed by atoms with Crippen molar-refractivity contribution in [3.63, 3.8) is 0 Å². The van der Waals surface area contributed by atoms with Crippen LogP contribution in [0.15, 0.2) is 24.3 Å². The van der Waals surface area contributed by atoms with Gasteiger partial charge in [0.15, 0.2) is 0 Å². The van der Waals surface area contributed by atoms with Gasteiger partial charge in [-0.3, -0.25) is 34.7 Å². The lowest BCUT2D eigenvalue weighted by Gasteiger charge is -2.36. The Hall–Kier alpha value is -3.36. The third kappa shape index (κ3) is 2.40. The molecular weight excluding hydrogens is 330 g/mol. The number of benzene rings is 2. The van der Waals surface area contributed by atoms with Gasteiger partial charge in [0.05, 0.1) is 21.0 Å². The van der Waals surface area contributed by atoms with E-state index >= 15 is 0 Å². The van der Waals surface area contributed by atoms with Gasteiger partial charge in [-0.2, -0.15) is 0 Å². The van der Waals surface area contributed by atoms with E-state index in [-0.39, 0.29) is 33.3 Å². The van der Waals surface area contributed by atoms with Gasteiger partial charge < -0.3 is 0 Å². The maximum atomic E-state index is 12.8. The van der Waals surface area contributed by atoms with Gasteiger partial charge in [-0.15, -0.1) is 0 Å². The second-order valence-corrected chi connectivity index (χ2v) is 6.72. The highest BCUT2D eigenvalue weighted by Gasteiger charge is 2.41. The number of carbonyl (C=O) groups excluding carboxylic acids is 2. The third-order valence-electron chi connectivity index (χ3n) is 3.98. The molecule has 25 heavy (non-hydrogen) atoms. The number of nitrogens with zero attached hydrogens (tertiary/aromatic N) is 3. The van der Waals surface area contributed by atoms with Crippen LogP contribution in [0.1, 0.15) is 41.5 Å². The number of amides is 2. The Kier molecular flexibility index (Phi) is 3.34. The molecule has 0 radical (unpaired) electrons. The highest BCUT2D eigenvalue weighted by atomic mass is 16.6. The van der Waals surface area contributed by atoms with Crippen molar-refractivity contribution in [3.05, 3.63) is 55.6 Å². The maximum absolute atomic E-state index is 12.8. The Morgan fingerprint density at radius 3 is 1.56 bits per heavy atom. The first-order valence-corrected chi connectivity index (χ1v) is 7.32. The molecule has 1 aliphatic heterocycles. The summed E-state index contributed by atoms with van der Waals surface area (Å²) < 4.78 is 0. The Labute approximate surface area is 141 Å². The molecule has 128 valence electrons. The second kappa shape index (κ2) is 5.07. The summed E-state index contributed by atoms with van der Waals surface area (Å²) in [5.74, 6) is -1.32. The average molecular weight is 343 g/mol. The predicted octanol–water partition coefficient (Wildman–Crippen LogP) is 3.05. The van der Waals surface area contributed by atoms with E-state index in [0.29, 0.717) is 0 Å². The Bertz CT molecular complexity index is 921.